The van der Waals surface area contributed by atoms with Crippen molar-refractivity contribution in [2.75, 3.05) is 11.9 Å². The monoisotopic (exact) mass is 227 g/mol. The Balaban J connectivity index is 2.67. The van der Waals surface area contributed by atoms with E-state index in [0.29, 0.717) is 12.3 Å². The smallest absolute Gasteiger partial charge is 0.354 e. The van der Waals surface area contributed by atoms with Crippen LogP contribution in [0.25, 0.3) is 0 Å². The van der Waals surface area contributed by atoms with Gasteiger partial charge in [0.15, 0.2) is 5.15 Å². The third-order valence-electron chi connectivity index (χ3n) is 1.47. The molecule has 0 saturated heterocycles. The Morgan fingerprint density at radius 3 is 3.07 bits per heavy atom. The first kappa shape index (κ1) is 11.5. The molecule has 0 bridgehead atoms. The van der Waals surface area contributed by atoms with Crippen LogP contribution >= 0.6 is 11.6 Å². The first-order valence-corrected chi connectivity index (χ1v) is 4.61. The van der Waals surface area contributed by atoms with Crippen molar-refractivity contribution in [2.45, 2.75) is 6.92 Å². The van der Waals surface area contributed by atoms with Gasteiger partial charge < -0.3 is 10.1 Å². The minimum atomic E-state index is -0.530. The van der Waals surface area contributed by atoms with E-state index >= 15 is 0 Å². The SMILES string of the molecule is C=C(Nc1cncnc1Cl)C(=O)OCC. The van der Waals surface area contributed by atoms with Gasteiger partial charge in [-0.15, -0.1) is 0 Å². The third kappa shape index (κ3) is 3.21. The molecule has 80 valence electrons. The topological polar surface area (TPSA) is 64.1 Å². The molecule has 0 aliphatic rings. The first-order valence-electron chi connectivity index (χ1n) is 4.23. The lowest BCUT2D eigenvalue weighted by Crippen LogP contribution is -2.14. The molecule has 0 aromatic carbocycles. The van der Waals surface area contributed by atoms with Gasteiger partial charge in [-0.2, -0.15) is 0 Å². The summed E-state index contributed by atoms with van der Waals surface area (Å²) in [5, 5.41) is 2.89. The maximum absolute atomic E-state index is 11.2. The van der Waals surface area contributed by atoms with Crippen molar-refractivity contribution >= 4 is 23.3 Å². The summed E-state index contributed by atoms with van der Waals surface area (Å²) in [6, 6.07) is 0. The Bertz CT molecular complexity index is 381. The minimum Gasteiger partial charge on any atom is -0.461 e. The molecule has 6 heteroatoms. The van der Waals surface area contributed by atoms with Gasteiger partial charge in [-0.1, -0.05) is 18.2 Å². The second kappa shape index (κ2) is 5.31. The van der Waals surface area contributed by atoms with Crippen LogP contribution in [0.5, 0.6) is 0 Å². The Labute approximate surface area is 92.1 Å². The molecular formula is C9H10ClN3O2. The molecule has 0 saturated carbocycles. The lowest BCUT2D eigenvalue weighted by molar-refractivity contribution is -0.138. The number of aromatic nitrogens is 2. The molecule has 5 nitrogen and oxygen atoms in total. The Morgan fingerprint density at radius 2 is 2.47 bits per heavy atom. The molecule has 0 aliphatic heterocycles. The molecule has 1 aromatic rings. The molecule has 1 heterocycles. The molecule has 0 atom stereocenters. The van der Waals surface area contributed by atoms with Gasteiger partial charge in [-0.25, -0.2) is 14.8 Å². The zero-order valence-corrected chi connectivity index (χ0v) is 8.91. The second-order valence-electron chi connectivity index (χ2n) is 2.55. The summed E-state index contributed by atoms with van der Waals surface area (Å²) < 4.78 is 4.73. The molecule has 0 radical (unpaired) electrons. The van der Waals surface area contributed by atoms with E-state index in [9.17, 15) is 4.79 Å². The van der Waals surface area contributed by atoms with Gasteiger partial charge in [-0.05, 0) is 6.92 Å². The van der Waals surface area contributed by atoms with Crippen LogP contribution in [-0.4, -0.2) is 22.5 Å². The number of carbonyl (C=O) groups excluding carboxylic acids is 1. The molecule has 0 fully saturated rings. The van der Waals surface area contributed by atoms with Gasteiger partial charge in [0.2, 0.25) is 0 Å². The van der Waals surface area contributed by atoms with Gasteiger partial charge in [0.05, 0.1) is 18.5 Å². The molecule has 1 rings (SSSR count). The van der Waals surface area contributed by atoms with Crippen LogP contribution in [0.4, 0.5) is 5.69 Å². The van der Waals surface area contributed by atoms with Gasteiger partial charge in [0.1, 0.15) is 12.0 Å². The quantitative estimate of drug-likeness (QED) is 0.481. The van der Waals surface area contributed by atoms with E-state index in [1.54, 1.807) is 6.92 Å². The number of halogens is 1. The zero-order valence-electron chi connectivity index (χ0n) is 8.16. The summed E-state index contributed by atoms with van der Waals surface area (Å²) in [6.45, 7) is 5.51. The standard InChI is InChI=1S/C9H10ClN3O2/c1-3-15-9(14)6(2)13-7-4-11-5-12-8(7)10/h4-5,13H,2-3H2,1H3. The van der Waals surface area contributed by atoms with Gasteiger partial charge in [0.25, 0.3) is 0 Å². The van der Waals surface area contributed by atoms with E-state index in [1.165, 1.54) is 12.5 Å². The molecule has 0 unspecified atom stereocenters. The molecule has 1 aromatic heterocycles. The lowest BCUT2D eigenvalue weighted by atomic mass is 10.4. The average Bonchev–Trinajstić information content (AvgIpc) is 2.21. The predicted molar refractivity (Wildman–Crippen MR) is 56.4 cm³/mol. The third-order valence-corrected chi connectivity index (χ3v) is 1.77. The van der Waals surface area contributed by atoms with Crippen LogP contribution < -0.4 is 5.32 Å². The number of rotatable bonds is 4. The Kier molecular flexibility index (Phi) is 4.05. The lowest BCUT2D eigenvalue weighted by Gasteiger charge is -2.08. The first-order chi connectivity index (χ1) is 7.15. The molecule has 15 heavy (non-hydrogen) atoms. The highest BCUT2D eigenvalue weighted by Crippen LogP contribution is 2.17. The number of esters is 1. The molecule has 0 amide bonds. The van der Waals surface area contributed by atoms with Crippen molar-refractivity contribution in [2.24, 2.45) is 0 Å². The minimum absolute atomic E-state index is 0.0913. The summed E-state index contributed by atoms with van der Waals surface area (Å²) in [6.07, 6.45) is 2.75. The van der Waals surface area contributed by atoms with Crippen LogP contribution in [-0.2, 0) is 9.53 Å². The zero-order chi connectivity index (χ0) is 11.3. The average molecular weight is 228 g/mol. The highest BCUT2D eigenvalue weighted by atomic mass is 35.5. The summed E-state index contributed by atoms with van der Waals surface area (Å²) in [5.74, 6) is -0.530. The van der Waals surface area contributed by atoms with Crippen molar-refractivity contribution in [3.8, 4) is 0 Å². The maximum Gasteiger partial charge on any atom is 0.354 e. The summed E-state index contributed by atoms with van der Waals surface area (Å²) in [7, 11) is 0. The number of nitrogens with zero attached hydrogens (tertiary/aromatic N) is 2. The number of hydrogen-bond donors (Lipinski definition) is 1. The van der Waals surface area contributed by atoms with E-state index in [2.05, 4.69) is 21.9 Å². The number of ether oxygens (including phenoxy) is 1. The van der Waals surface area contributed by atoms with E-state index < -0.39 is 5.97 Å². The molecule has 0 aliphatic carbocycles. The molecule has 0 spiro atoms. The van der Waals surface area contributed by atoms with E-state index in [4.69, 9.17) is 16.3 Å². The fourth-order valence-electron chi connectivity index (χ4n) is 0.830. The van der Waals surface area contributed by atoms with Gasteiger partial charge >= 0.3 is 5.97 Å². The number of carbonyl (C=O) groups is 1. The van der Waals surface area contributed by atoms with Crippen molar-refractivity contribution in [1.29, 1.82) is 0 Å². The van der Waals surface area contributed by atoms with Crippen molar-refractivity contribution in [3.05, 3.63) is 30.0 Å². The largest absolute Gasteiger partial charge is 0.461 e. The van der Waals surface area contributed by atoms with Crippen LogP contribution in [0.15, 0.2) is 24.8 Å². The van der Waals surface area contributed by atoms with Crippen LogP contribution in [0.3, 0.4) is 0 Å². The normalized spacial score (nSPS) is 9.47. The van der Waals surface area contributed by atoms with Gasteiger partial charge in [0, 0.05) is 0 Å². The molecule has 1 N–H and O–H groups in total. The van der Waals surface area contributed by atoms with E-state index in [1.807, 2.05) is 0 Å². The second-order valence-corrected chi connectivity index (χ2v) is 2.91. The highest BCUT2D eigenvalue weighted by Gasteiger charge is 2.09. The number of nitrogens with one attached hydrogen (secondary N) is 1. The fraction of sp³-hybridized carbons (Fsp3) is 0.222. The van der Waals surface area contributed by atoms with E-state index in [-0.39, 0.29) is 10.9 Å². The predicted octanol–water partition coefficient (Wildman–Crippen LogP) is 1.62. The van der Waals surface area contributed by atoms with E-state index in [0.717, 1.165) is 0 Å². The van der Waals surface area contributed by atoms with Gasteiger partial charge in [-0.3, -0.25) is 0 Å². The van der Waals surface area contributed by atoms with Crippen LogP contribution in [0, 0.1) is 0 Å². The fourth-order valence-corrected chi connectivity index (χ4v) is 0.970. The highest BCUT2D eigenvalue weighted by molar-refractivity contribution is 6.32. The van der Waals surface area contributed by atoms with Crippen molar-refractivity contribution in [3.63, 3.8) is 0 Å². The number of hydrogen-bond acceptors (Lipinski definition) is 5. The molecular weight excluding hydrogens is 218 g/mol. The van der Waals surface area contributed by atoms with Crippen LogP contribution in [0.2, 0.25) is 5.15 Å². The number of anilines is 1. The van der Waals surface area contributed by atoms with Crippen molar-refractivity contribution < 1.29 is 9.53 Å². The maximum atomic E-state index is 11.2. The van der Waals surface area contributed by atoms with Crippen LogP contribution in [0.1, 0.15) is 6.92 Å². The Morgan fingerprint density at radius 1 is 1.73 bits per heavy atom. The summed E-state index contributed by atoms with van der Waals surface area (Å²) >= 11 is 5.74. The summed E-state index contributed by atoms with van der Waals surface area (Å²) in [4.78, 5) is 18.7. The summed E-state index contributed by atoms with van der Waals surface area (Å²) in [5.41, 5.74) is 0.505. The van der Waals surface area contributed by atoms with Crippen molar-refractivity contribution in [1.82, 2.24) is 9.97 Å². The Hall–Kier alpha value is -1.62.